The highest BCUT2D eigenvalue weighted by molar-refractivity contribution is 5.82. The lowest BCUT2D eigenvalue weighted by Gasteiger charge is -2.41. The Labute approximate surface area is 191 Å². The van der Waals surface area contributed by atoms with Gasteiger partial charge in [-0.05, 0) is 11.1 Å². The molecule has 1 heterocycles. The van der Waals surface area contributed by atoms with Gasteiger partial charge in [0, 0.05) is 12.0 Å². The van der Waals surface area contributed by atoms with Crippen molar-refractivity contribution in [2.45, 2.75) is 18.9 Å². The second-order valence-corrected chi connectivity index (χ2v) is 8.54. The molecule has 1 aliphatic heterocycles. The maximum Gasteiger partial charge on any atom is 0.317 e. The zero-order valence-electron chi connectivity index (χ0n) is 18.6. The van der Waals surface area contributed by atoms with Crippen molar-refractivity contribution in [3.63, 3.8) is 0 Å². The van der Waals surface area contributed by atoms with E-state index in [4.69, 9.17) is 9.47 Å². The van der Waals surface area contributed by atoms with Gasteiger partial charge in [-0.2, -0.15) is 0 Å². The third-order valence-electron chi connectivity index (χ3n) is 6.30. The molecule has 0 bridgehead atoms. The van der Waals surface area contributed by atoms with Crippen molar-refractivity contribution < 1.29 is 18.8 Å². The van der Waals surface area contributed by atoms with Crippen LogP contribution in [0.3, 0.4) is 0 Å². The largest absolute Gasteiger partial charge is 0.465 e. The molecule has 0 radical (unpaired) electrons. The Morgan fingerprint density at radius 1 is 0.812 bits per heavy atom. The van der Waals surface area contributed by atoms with Gasteiger partial charge in [0.15, 0.2) is 0 Å². The molecular formula is C28H32NO3+. The first-order valence-electron chi connectivity index (χ1n) is 11.5. The molecule has 0 aromatic heterocycles. The molecule has 0 N–H and O–H groups in total. The molecular weight excluding hydrogens is 398 g/mol. The van der Waals surface area contributed by atoms with Crippen LogP contribution in [0.15, 0.2) is 91.0 Å². The lowest BCUT2D eigenvalue weighted by Crippen LogP contribution is -2.55. The smallest absolute Gasteiger partial charge is 0.317 e. The first kappa shape index (κ1) is 22.3. The summed E-state index contributed by atoms with van der Waals surface area (Å²) in [6.45, 7) is 5.98. The van der Waals surface area contributed by atoms with Gasteiger partial charge < -0.3 is 14.0 Å². The highest BCUT2D eigenvalue weighted by Crippen LogP contribution is 2.26. The van der Waals surface area contributed by atoms with Crippen molar-refractivity contribution in [2.75, 3.05) is 39.5 Å². The number of quaternary nitrogens is 1. The summed E-state index contributed by atoms with van der Waals surface area (Å²) in [5.41, 5.74) is 3.27. The lowest BCUT2D eigenvalue weighted by atomic mass is 9.91. The van der Waals surface area contributed by atoms with Crippen LogP contribution in [-0.2, 0) is 20.8 Å². The summed E-state index contributed by atoms with van der Waals surface area (Å²) in [7, 11) is 0. The van der Waals surface area contributed by atoms with Gasteiger partial charge in [-0.1, -0.05) is 91.0 Å². The van der Waals surface area contributed by atoms with Crippen LogP contribution in [0.25, 0.3) is 0 Å². The summed E-state index contributed by atoms with van der Waals surface area (Å²) < 4.78 is 12.4. The van der Waals surface area contributed by atoms with Gasteiger partial charge in [0.05, 0.1) is 26.4 Å². The molecule has 0 unspecified atom stereocenters. The summed E-state index contributed by atoms with van der Waals surface area (Å²) in [5, 5.41) is 0. The number of ether oxygens (including phenoxy) is 2. The molecule has 3 aromatic carbocycles. The maximum atomic E-state index is 13.1. The number of morpholine rings is 1. The fourth-order valence-electron chi connectivity index (χ4n) is 4.57. The molecule has 4 rings (SSSR count). The standard InChI is InChI=1S/C28H32NO3/c30-28(27(25-13-6-2-7-14-25)26-15-8-3-9-16-26)32-20-10-17-29(18-21-31-22-19-29)23-24-11-4-1-5-12-24/h1-9,11-16,27H,10,17-23H2/q+1. The monoisotopic (exact) mass is 430 g/mol. The fourth-order valence-corrected chi connectivity index (χ4v) is 4.57. The van der Waals surface area contributed by atoms with Crippen molar-refractivity contribution in [2.24, 2.45) is 0 Å². The normalized spacial score (nSPS) is 15.4. The Kier molecular flexibility index (Phi) is 7.70. The van der Waals surface area contributed by atoms with Crippen molar-refractivity contribution in [3.8, 4) is 0 Å². The predicted molar refractivity (Wildman–Crippen MR) is 126 cm³/mol. The third-order valence-corrected chi connectivity index (χ3v) is 6.30. The highest BCUT2D eigenvalue weighted by Gasteiger charge is 2.31. The number of carbonyl (C=O) groups excluding carboxylic acids is 1. The minimum atomic E-state index is -0.395. The molecule has 166 valence electrons. The first-order chi connectivity index (χ1) is 15.8. The molecule has 32 heavy (non-hydrogen) atoms. The first-order valence-corrected chi connectivity index (χ1v) is 11.5. The molecule has 3 aromatic rings. The number of benzene rings is 3. The topological polar surface area (TPSA) is 35.5 Å². The quantitative estimate of drug-likeness (QED) is 0.278. The predicted octanol–water partition coefficient (Wildman–Crippen LogP) is 4.80. The Morgan fingerprint density at radius 2 is 1.34 bits per heavy atom. The number of hydrogen-bond acceptors (Lipinski definition) is 3. The van der Waals surface area contributed by atoms with Crippen LogP contribution < -0.4 is 0 Å². The molecule has 0 spiro atoms. The van der Waals surface area contributed by atoms with Crippen molar-refractivity contribution in [3.05, 3.63) is 108 Å². The van der Waals surface area contributed by atoms with Crippen LogP contribution in [-0.4, -0.2) is 49.9 Å². The van der Waals surface area contributed by atoms with E-state index >= 15 is 0 Å². The number of hydrogen-bond donors (Lipinski definition) is 0. The van der Waals surface area contributed by atoms with Gasteiger partial charge in [-0.15, -0.1) is 0 Å². The molecule has 0 aliphatic carbocycles. The molecule has 1 fully saturated rings. The van der Waals surface area contributed by atoms with Gasteiger partial charge in [0.1, 0.15) is 25.6 Å². The van der Waals surface area contributed by atoms with E-state index < -0.39 is 5.92 Å². The van der Waals surface area contributed by atoms with Gasteiger partial charge in [0.2, 0.25) is 0 Å². The Bertz CT molecular complexity index is 914. The summed E-state index contributed by atoms with van der Waals surface area (Å²) in [5.74, 6) is -0.577. The van der Waals surface area contributed by atoms with E-state index in [0.717, 1.165) is 61.4 Å². The van der Waals surface area contributed by atoms with Gasteiger partial charge in [-0.3, -0.25) is 4.79 Å². The van der Waals surface area contributed by atoms with E-state index in [-0.39, 0.29) is 5.97 Å². The van der Waals surface area contributed by atoms with Crippen LogP contribution in [0.1, 0.15) is 29.0 Å². The molecule has 0 amide bonds. The van der Waals surface area contributed by atoms with Crippen LogP contribution >= 0.6 is 0 Å². The van der Waals surface area contributed by atoms with Crippen molar-refractivity contribution >= 4 is 5.97 Å². The summed E-state index contributed by atoms with van der Waals surface area (Å²) in [6, 6.07) is 30.4. The average molecular weight is 431 g/mol. The summed E-state index contributed by atoms with van der Waals surface area (Å²) >= 11 is 0. The molecule has 0 saturated carbocycles. The Morgan fingerprint density at radius 3 is 1.91 bits per heavy atom. The highest BCUT2D eigenvalue weighted by atomic mass is 16.5. The summed E-state index contributed by atoms with van der Waals surface area (Å²) in [6.07, 6.45) is 0.842. The van der Waals surface area contributed by atoms with E-state index in [1.807, 2.05) is 60.7 Å². The number of nitrogens with zero attached hydrogens (tertiary/aromatic N) is 1. The summed E-state index contributed by atoms with van der Waals surface area (Å²) in [4.78, 5) is 13.1. The molecule has 4 heteroatoms. The minimum absolute atomic E-state index is 0.181. The molecule has 1 saturated heterocycles. The van der Waals surface area contributed by atoms with Crippen LogP contribution in [0.2, 0.25) is 0 Å². The van der Waals surface area contributed by atoms with Crippen LogP contribution in [0.5, 0.6) is 0 Å². The lowest BCUT2D eigenvalue weighted by molar-refractivity contribution is -0.947. The average Bonchev–Trinajstić information content (AvgIpc) is 2.85. The number of esters is 1. The second kappa shape index (κ2) is 11.1. The third kappa shape index (κ3) is 5.84. The Hall–Kier alpha value is -2.95. The van der Waals surface area contributed by atoms with E-state index in [2.05, 4.69) is 30.3 Å². The molecule has 0 atom stereocenters. The SMILES string of the molecule is O=C(OCCC[N+]1(Cc2ccccc2)CCOCC1)C(c1ccccc1)c1ccccc1. The van der Waals surface area contributed by atoms with Gasteiger partial charge >= 0.3 is 5.97 Å². The maximum absolute atomic E-state index is 13.1. The van der Waals surface area contributed by atoms with Gasteiger partial charge in [-0.25, -0.2) is 0 Å². The van der Waals surface area contributed by atoms with Gasteiger partial charge in [0.25, 0.3) is 0 Å². The van der Waals surface area contributed by atoms with E-state index in [1.165, 1.54) is 5.56 Å². The van der Waals surface area contributed by atoms with Crippen molar-refractivity contribution in [1.29, 1.82) is 0 Å². The fraction of sp³-hybridized carbons (Fsp3) is 0.321. The zero-order valence-corrected chi connectivity index (χ0v) is 18.6. The van der Waals surface area contributed by atoms with E-state index in [9.17, 15) is 4.79 Å². The number of carbonyl (C=O) groups is 1. The zero-order chi connectivity index (χ0) is 22.1. The minimum Gasteiger partial charge on any atom is -0.465 e. The van der Waals surface area contributed by atoms with Crippen LogP contribution in [0.4, 0.5) is 0 Å². The van der Waals surface area contributed by atoms with Crippen molar-refractivity contribution in [1.82, 2.24) is 0 Å². The second-order valence-electron chi connectivity index (χ2n) is 8.54. The number of rotatable bonds is 9. The molecule has 4 nitrogen and oxygen atoms in total. The van der Waals surface area contributed by atoms with E-state index in [1.54, 1.807) is 0 Å². The molecule has 1 aliphatic rings. The van der Waals surface area contributed by atoms with E-state index in [0.29, 0.717) is 6.61 Å². The Balaban J connectivity index is 1.38. The van der Waals surface area contributed by atoms with Crippen LogP contribution in [0, 0.1) is 0 Å².